The third kappa shape index (κ3) is 2.88. The molecule has 31 heavy (non-hydrogen) atoms. The van der Waals surface area contributed by atoms with Crippen molar-refractivity contribution in [1.82, 2.24) is 14.9 Å². The van der Waals surface area contributed by atoms with Gasteiger partial charge in [-0.3, -0.25) is 4.79 Å². The van der Waals surface area contributed by atoms with Crippen LogP contribution in [0, 0.1) is 0 Å². The van der Waals surface area contributed by atoms with Crippen LogP contribution in [0.5, 0.6) is 11.5 Å². The highest BCUT2D eigenvalue weighted by Crippen LogP contribution is 2.38. The Kier molecular flexibility index (Phi) is 4.64. The van der Waals surface area contributed by atoms with Crippen LogP contribution in [0.2, 0.25) is 0 Å². The summed E-state index contributed by atoms with van der Waals surface area (Å²) in [4.78, 5) is 13.7. The zero-order chi connectivity index (χ0) is 21.7. The average Bonchev–Trinajstić information content (AvgIpc) is 3.24. The summed E-state index contributed by atoms with van der Waals surface area (Å²) in [7, 11) is 1.85. The molecule has 9 nitrogen and oxygen atoms in total. The molecule has 0 fully saturated rings. The van der Waals surface area contributed by atoms with E-state index in [4.69, 9.17) is 9.47 Å². The molecule has 9 heteroatoms. The van der Waals surface area contributed by atoms with E-state index in [1.54, 1.807) is 22.9 Å². The van der Waals surface area contributed by atoms with Gasteiger partial charge in [0.05, 0.1) is 24.1 Å². The topological polar surface area (TPSA) is 110 Å². The zero-order valence-electron chi connectivity index (χ0n) is 17.3. The summed E-state index contributed by atoms with van der Waals surface area (Å²) in [6.07, 6.45) is 0.844. The molecule has 3 heterocycles. The van der Waals surface area contributed by atoms with Crippen molar-refractivity contribution < 1.29 is 19.7 Å². The Morgan fingerprint density at radius 2 is 1.68 bits per heavy atom. The van der Waals surface area contributed by atoms with Gasteiger partial charge in [0.15, 0.2) is 11.5 Å². The molecular weight excluding hydrogens is 400 g/mol. The lowest BCUT2D eigenvalue weighted by atomic mass is 10.0. The first-order valence-electron chi connectivity index (χ1n) is 10.1. The fourth-order valence-corrected chi connectivity index (χ4v) is 4.20. The quantitative estimate of drug-likeness (QED) is 0.469. The Labute approximate surface area is 177 Å². The molecule has 2 aromatic carbocycles. The number of ether oxygens (including phenoxy) is 2. The maximum Gasteiger partial charge on any atom is 0.277 e. The molecule has 0 aliphatic carbocycles. The smallest absolute Gasteiger partial charge is 0.277 e. The second-order valence-electron chi connectivity index (χ2n) is 7.60. The second kappa shape index (κ2) is 7.36. The maximum atomic E-state index is 13.7. The number of aromatic nitrogens is 3. The van der Waals surface area contributed by atoms with Gasteiger partial charge in [-0.05, 0) is 35.7 Å². The molecule has 160 valence electrons. The molecule has 0 spiro atoms. The third-order valence-electron chi connectivity index (χ3n) is 5.69. The van der Waals surface area contributed by atoms with Gasteiger partial charge in [0.25, 0.3) is 5.56 Å². The highest BCUT2D eigenvalue weighted by Gasteiger charge is 2.22. The first kappa shape index (κ1) is 19.5. The van der Waals surface area contributed by atoms with Crippen molar-refractivity contribution in [2.45, 2.75) is 26.6 Å². The number of rotatable bonds is 5. The van der Waals surface area contributed by atoms with Gasteiger partial charge in [-0.1, -0.05) is 6.92 Å². The first-order valence-corrected chi connectivity index (χ1v) is 10.1. The van der Waals surface area contributed by atoms with Gasteiger partial charge < -0.3 is 24.7 Å². The standard InChI is InChI=1S/C22H22N4O5/c1-3-4-25(2)26-21-16-7-18-19(31-11-30-18)8-17(16)23-24-20(21)14-5-12(9-27)13(10-28)6-15(14)22(26)29/h5-8,27-28H,3-4,9-11H2,1-2H3. The van der Waals surface area contributed by atoms with Crippen LogP contribution in [0.1, 0.15) is 24.5 Å². The predicted molar refractivity (Wildman–Crippen MR) is 116 cm³/mol. The molecule has 2 aromatic heterocycles. The lowest BCUT2D eigenvalue weighted by Gasteiger charge is -2.24. The number of aliphatic hydroxyl groups excluding tert-OH is 2. The largest absolute Gasteiger partial charge is 0.454 e. The Morgan fingerprint density at radius 3 is 2.35 bits per heavy atom. The van der Waals surface area contributed by atoms with E-state index in [2.05, 4.69) is 10.2 Å². The lowest BCUT2D eigenvalue weighted by Crippen LogP contribution is -2.40. The minimum Gasteiger partial charge on any atom is -0.454 e. The van der Waals surface area contributed by atoms with E-state index in [-0.39, 0.29) is 25.6 Å². The van der Waals surface area contributed by atoms with E-state index in [1.165, 1.54) is 0 Å². The summed E-state index contributed by atoms with van der Waals surface area (Å²) in [5.74, 6) is 1.18. The minimum atomic E-state index is -0.277. The number of pyridine rings is 1. The van der Waals surface area contributed by atoms with E-state index in [1.807, 2.05) is 25.0 Å². The summed E-state index contributed by atoms with van der Waals surface area (Å²) in [6, 6.07) is 6.93. The van der Waals surface area contributed by atoms with E-state index < -0.39 is 0 Å². The highest BCUT2D eigenvalue weighted by molar-refractivity contribution is 6.12. The molecule has 1 aliphatic heterocycles. The number of benzene rings is 2. The van der Waals surface area contributed by atoms with Gasteiger partial charge in [-0.25, -0.2) is 4.68 Å². The summed E-state index contributed by atoms with van der Waals surface area (Å²) in [6.45, 7) is 2.29. The first-order chi connectivity index (χ1) is 15.1. The van der Waals surface area contributed by atoms with E-state index in [0.29, 0.717) is 61.9 Å². The van der Waals surface area contributed by atoms with Crippen molar-refractivity contribution in [3.63, 3.8) is 0 Å². The van der Waals surface area contributed by atoms with Crippen molar-refractivity contribution in [3.8, 4) is 11.5 Å². The normalized spacial score (nSPS) is 12.9. The predicted octanol–water partition coefficient (Wildman–Crippen LogP) is 1.79. The SMILES string of the molecule is CCCN(C)n1c(=O)c2cc(CO)c(CO)cc2c2nnc3cc4c(cc3c21)OCO4. The van der Waals surface area contributed by atoms with Gasteiger partial charge >= 0.3 is 0 Å². The van der Waals surface area contributed by atoms with Crippen LogP contribution in [0.3, 0.4) is 0 Å². The summed E-state index contributed by atoms with van der Waals surface area (Å²) >= 11 is 0. The fourth-order valence-electron chi connectivity index (χ4n) is 4.20. The lowest BCUT2D eigenvalue weighted by molar-refractivity contribution is 0.174. The second-order valence-corrected chi connectivity index (χ2v) is 7.60. The molecule has 2 N–H and O–H groups in total. The van der Waals surface area contributed by atoms with Crippen LogP contribution in [-0.2, 0) is 13.2 Å². The van der Waals surface area contributed by atoms with Crippen molar-refractivity contribution in [3.05, 3.63) is 45.7 Å². The molecule has 0 amide bonds. The van der Waals surface area contributed by atoms with Crippen LogP contribution < -0.4 is 20.0 Å². The molecule has 0 unspecified atom stereocenters. The van der Waals surface area contributed by atoms with Crippen molar-refractivity contribution >= 4 is 32.7 Å². The number of nitrogens with zero attached hydrogens (tertiary/aromatic N) is 4. The molecule has 4 aromatic rings. The Bertz CT molecular complexity index is 1400. The van der Waals surface area contributed by atoms with Crippen molar-refractivity contribution in [2.75, 3.05) is 25.4 Å². The summed E-state index contributed by atoms with van der Waals surface area (Å²) < 4.78 is 12.6. The highest BCUT2D eigenvalue weighted by atomic mass is 16.7. The zero-order valence-corrected chi connectivity index (χ0v) is 17.3. The Hall–Kier alpha value is -3.43. The van der Waals surface area contributed by atoms with E-state index >= 15 is 0 Å². The third-order valence-corrected chi connectivity index (χ3v) is 5.69. The van der Waals surface area contributed by atoms with E-state index in [9.17, 15) is 15.0 Å². The van der Waals surface area contributed by atoms with Crippen LogP contribution in [0.25, 0.3) is 32.7 Å². The van der Waals surface area contributed by atoms with Crippen molar-refractivity contribution in [2.24, 2.45) is 0 Å². The number of hydrogen-bond acceptors (Lipinski definition) is 8. The van der Waals surface area contributed by atoms with Crippen molar-refractivity contribution in [1.29, 1.82) is 0 Å². The van der Waals surface area contributed by atoms with Crippen LogP contribution in [-0.4, -0.2) is 45.5 Å². The van der Waals surface area contributed by atoms with Gasteiger partial charge in [0.2, 0.25) is 6.79 Å². The molecule has 0 bridgehead atoms. The Morgan fingerprint density at radius 1 is 1.00 bits per heavy atom. The Balaban J connectivity index is 1.99. The molecule has 5 rings (SSSR count). The van der Waals surface area contributed by atoms with Gasteiger partial charge in [0.1, 0.15) is 11.0 Å². The minimum absolute atomic E-state index is 0.131. The fraction of sp³-hybridized carbons (Fsp3) is 0.318. The van der Waals surface area contributed by atoms with Gasteiger partial charge in [-0.15, -0.1) is 10.2 Å². The monoisotopic (exact) mass is 422 g/mol. The molecule has 0 radical (unpaired) electrons. The van der Waals surface area contributed by atoms with Crippen LogP contribution in [0.4, 0.5) is 0 Å². The van der Waals surface area contributed by atoms with Gasteiger partial charge in [0, 0.05) is 30.4 Å². The van der Waals surface area contributed by atoms with Crippen LogP contribution >= 0.6 is 0 Å². The number of aliphatic hydroxyl groups is 2. The molecule has 0 saturated heterocycles. The molecular formula is C22H22N4O5. The van der Waals surface area contributed by atoms with Crippen LogP contribution in [0.15, 0.2) is 29.1 Å². The summed E-state index contributed by atoms with van der Waals surface area (Å²) in [5.41, 5.74) is 2.55. The number of fused-ring (bicyclic) bond motifs is 6. The summed E-state index contributed by atoms with van der Waals surface area (Å²) in [5, 5.41) is 31.9. The average molecular weight is 422 g/mol. The van der Waals surface area contributed by atoms with E-state index in [0.717, 1.165) is 6.42 Å². The number of hydrogen-bond donors (Lipinski definition) is 2. The molecule has 0 atom stereocenters. The molecule has 1 aliphatic rings. The van der Waals surface area contributed by atoms with Gasteiger partial charge in [-0.2, -0.15) is 0 Å². The maximum absolute atomic E-state index is 13.7. The molecule has 0 saturated carbocycles.